The summed E-state index contributed by atoms with van der Waals surface area (Å²) in [7, 11) is 0. The van der Waals surface area contributed by atoms with E-state index in [1.54, 1.807) is 0 Å². The molecule has 0 unspecified atom stereocenters. The Labute approximate surface area is 160 Å². The lowest BCUT2D eigenvalue weighted by Crippen LogP contribution is -2.42. The van der Waals surface area contributed by atoms with Crippen molar-refractivity contribution in [1.29, 1.82) is 0 Å². The maximum Gasteiger partial charge on any atom is 0.228 e. The second-order valence-corrected chi connectivity index (χ2v) is 9.60. The molecule has 2 heterocycles. The molecule has 1 N–H and O–H groups in total. The van der Waals surface area contributed by atoms with Gasteiger partial charge < -0.3 is 9.88 Å². The zero-order valence-corrected chi connectivity index (χ0v) is 17.1. The Hall–Kier alpha value is -1.69. The smallest absolute Gasteiger partial charge is 0.228 e. The third kappa shape index (κ3) is 4.17. The highest BCUT2D eigenvalue weighted by Crippen LogP contribution is 2.46. The van der Waals surface area contributed by atoms with Crippen molar-refractivity contribution in [1.82, 2.24) is 14.8 Å². The van der Waals surface area contributed by atoms with Gasteiger partial charge in [0.1, 0.15) is 5.01 Å². The van der Waals surface area contributed by atoms with E-state index in [0.29, 0.717) is 22.9 Å². The summed E-state index contributed by atoms with van der Waals surface area (Å²) in [5.74, 6) is 0.747. The normalized spacial score (nSPS) is 23.8. The van der Waals surface area contributed by atoms with E-state index in [2.05, 4.69) is 53.2 Å². The van der Waals surface area contributed by atoms with Crippen molar-refractivity contribution in [3.63, 3.8) is 0 Å². The van der Waals surface area contributed by atoms with E-state index in [0.717, 1.165) is 37.1 Å². The Morgan fingerprint density at radius 3 is 2.46 bits per heavy atom. The molecule has 6 heteroatoms. The van der Waals surface area contributed by atoms with Crippen molar-refractivity contribution < 1.29 is 4.79 Å². The number of nitrogens with one attached hydrogen (secondary N) is 1. The molecule has 1 fully saturated rings. The van der Waals surface area contributed by atoms with Gasteiger partial charge in [0, 0.05) is 12.4 Å². The van der Waals surface area contributed by atoms with E-state index in [4.69, 9.17) is 0 Å². The number of anilines is 1. The molecule has 2 aromatic rings. The van der Waals surface area contributed by atoms with E-state index < -0.39 is 0 Å². The summed E-state index contributed by atoms with van der Waals surface area (Å²) < 4.78 is 2.25. The van der Waals surface area contributed by atoms with Crippen LogP contribution >= 0.6 is 11.3 Å². The second-order valence-electron chi connectivity index (χ2n) is 8.53. The summed E-state index contributed by atoms with van der Waals surface area (Å²) in [6.45, 7) is 9.02. The summed E-state index contributed by atoms with van der Waals surface area (Å²) in [5, 5.41) is 12.7. The average molecular weight is 375 g/mol. The van der Waals surface area contributed by atoms with Crippen LogP contribution in [0.4, 0.5) is 5.13 Å². The number of hydrogen-bond donors (Lipinski definition) is 1. The number of amides is 1. The van der Waals surface area contributed by atoms with Crippen LogP contribution in [-0.4, -0.2) is 20.7 Å². The summed E-state index contributed by atoms with van der Waals surface area (Å²) in [6.07, 6.45) is 9.92. The minimum atomic E-state index is -0.131. The van der Waals surface area contributed by atoms with Crippen molar-refractivity contribution >= 4 is 22.4 Å². The zero-order valence-electron chi connectivity index (χ0n) is 16.3. The monoisotopic (exact) mass is 374 g/mol. The molecule has 0 radical (unpaired) electrons. The number of nitrogens with zero attached hydrogens (tertiary/aromatic N) is 3. The summed E-state index contributed by atoms with van der Waals surface area (Å²) in [5.41, 5.74) is 0.196. The number of aryl methyl sites for hydroxylation is 1. The van der Waals surface area contributed by atoms with Crippen molar-refractivity contribution in [3.05, 3.63) is 29.5 Å². The standard InChI is InChI=1S/C20H30N4OS/c1-5-17-22-23-18(26-17)21-16(25)14-20(24-12-6-7-13-24)10-8-15(9-11-20)19(2,3)4/h6-7,12-13,15H,5,8-11,14H2,1-4H3,(H,21,23,25). The molecule has 1 aliphatic carbocycles. The van der Waals surface area contributed by atoms with Crippen LogP contribution in [0.15, 0.2) is 24.5 Å². The van der Waals surface area contributed by atoms with Gasteiger partial charge in [0.2, 0.25) is 11.0 Å². The lowest BCUT2D eigenvalue weighted by atomic mass is 9.66. The highest BCUT2D eigenvalue weighted by molar-refractivity contribution is 7.15. The van der Waals surface area contributed by atoms with Gasteiger partial charge >= 0.3 is 0 Å². The predicted molar refractivity (Wildman–Crippen MR) is 106 cm³/mol. The molecule has 0 atom stereocenters. The van der Waals surface area contributed by atoms with Crippen molar-refractivity contribution in [2.75, 3.05) is 5.32 Å². The highest BCUT2D eigenvalue weighted by Gasteiger charge is 2.41. The number of rotatable bonds is 5. The largest absolute Gasteiger partial charge is 0.348 e. The van der Waals surface area contributed by atoms with E-state index in [1.165, 1.54) is 11.3 Å². The van der Waals surface area contributed by atoms with Gasteiger partial charge in [-0.1, -0.05) is 39.0 Å². The van der Waals surface area contributed by atoms with E-state index in [9.17, 15) is 4.79 Å². The van der Waals surface area contributed by atoms with Gasteiger partial charge in [0.15, 0.2) is 0 Å². The van der Waals surface area contributed by atoms with Crippen LogP contribution in [0.1, 0.15) is 64.8 Å². The Morgan fingerprint density at radius 1 is 1.27 bits per heavy atom. The van der Waals surface area contributed by atoms with Crippen molar-refractivity contribution in [2.24, 2.45) is 11.3 Å². The van der Waals surface area contributed by atoms with Crippen LogP contribution < -0.4 is 5.32 Å². The maximum atomic E-state index is 12.8. The Bertz CT molecular complexity index is 721. The van der Waals surface area contributed by atoms with Crippen LogP contribution in [0, 0.1) is 11.3 Å². The molecule has 1 amide bonds. The van der Waals surface area contributed by atoms with Crippen LogP contribution in [0.5, 0.6) is 0 Å². The van der Waals surface area contributed by atoms with Gasteiger partial charge in [-0.25, -0.2) is 0 Å². The van der Waals surface area contributed by atoms with Gasteiger partial charge in [0.05, 0.1) is 12.0 Å². The SMILES string of the molecule is CCc1nnc(NC(=O)CC2(n3cccc3)CCC(C(C)(C)C)CC2)s1. The molecule has 0 spiro atoms. The molecule has 1 saturated carbocycles. The Kier molecular flexibility index (Phi) is 5.51. The van der Waals surface area contributed by atoms with E-state index in [-0.39, 0.29) is 11.4 Å². The predicted octanol–water partition coefficient (Wildman–Crippen LogP) is 4.86. The third-order valence-electron chi connectivity index (χ3n) is 5.80. The molecule has 0 saturated heterocycles. The van der Waals surface area contributed by atoms with Crippen LogP contribution in [0.25, 0.3) is 0 Å². The summed E-state index contributed by atoms with van der Waals surface area (Å²) >= 11 is 1.46. The quantitative estimate of drug-likeness (QED) is 0.813. The molecule has 26 heavy (non-hydrogen) atoms. The Balaban J connectivity index is 1.72. The molecule has 3 rings (SSSR count). The third-order valence-corrected chi connectivity index (χ3v) is 6.78. The van der Waals surface area contributed by atoms with Gasteiger partial charge in [-0.15, -0.1) is 10.2 Å². The Morgan fingerprint density at radius 2 is 1.92 bits per heavy atom. The fourth-order valence-electron chi connectivity index (χ4n) is 4.11. The minimum Gasteiger partial charge on any atom is -0.348 e. The van der Waals surface area contributed by atoms with Crippen LogP contribution in [0.2, 0.25) is 0 Å². The maximum absolute atomic E-state index is 12.8. The molecule has 142 valence electrons. The minimum absolute atomic E-state index is 0.0340. The number of carbonyl (C=O) groups is 1. The first-order valence-electron chi connectivity index (χ1n) is 9.58. The van der Waals surface area contributed by atoms with E-state index in [1.807, 2.05) is 19.1 Å². The number of aromatic nitrogens is 3. The lowest BCUT2D eigenvalue weighted by molar-refractivity contribution is -0.119. The fraction of sp³-hybridized carbons (Fsp3) is 0.650. The van der Waals surface area contributed by atoms with Crippen molar-refractivity contribution in [2.45, 2.75) is 71.8 Å². The van der Waals surface area contributed by atoms with Gasteiger partial charge in [-0.3, -0.25) is 4.79 Å². The molecule has 2 aromatic heterocycles. The second kappa shape index (κ2) is 7.51. The first-order chi connectivity index (χ1) is 12.3. The zero-order chi connectivity index (χ0) is 18.8. The molecule has 0 aromatic carbocycles. The average Bonchev–Trinajstić information content (AvgIpc) is 3.26. The van der Waals surface area contributed by atoms with E-state index >= 15 is 0 Å². The van der Waals surface area contributed by atoms with Gasteiger partial charge in [-0.05, 0) is 55.6 Å². The first-order valence-corrected chi connectivity index (χ1v) is 10.4. The van der Waals surface area contributed by atoms with Crippen LogP contribution in [-0.2, 0) is 16.8 Å². The highest BCUT2D eigenvalue weighted by atomic mass is 32.1. The molecule has 0 aliphatic heterocycles. The van der Waals surface area contributed by atoms with Gasteiger partial charge in [0.25, 0.3) is 0 Å². The lowest BCUT2D eigenvalue weighted by Gasteiger charge is -2.45. The summed E-state index contributed by atoms with van der Waals surface area (Å²) in [6, 6.07) is 4.10. The number of hydrogen-bond acceptors (Lipinski definition) is 4. The molecular formula is C20H30N4OS. The number of carbonyl (C=O) groups excluding carboxylic acids is 1. The summed E-state index contributed by atoms with van der Waals surface area (Å²) in [4.78, 5) is 12.8. The molecule has 1 aliphatic rings. The topological polar surface area (TPSA) is 59.8 Å². The first kappa shape index (κ1) is 19.1. The molecule has 0 bridgehead atoms. The van der Waals surface area contributed by atoms with Crippen molar-refractivity contribution in [3.8, 4) is 0 Å². The molecule has 5 nitrogen and oxygen atoms in total. The van der Waals surface area contributed by atoms with Crippen LogP contribution in [0.3, 0.4) is 0 Å². The molecular weight excluding hydrogens is 344 g/mol. The fourth-order valence-corrected chi connectivity index (χ4v) is 4.80. The van der Waals surface area contributed by atoms with Gasteiger partial charge in [-0.2, -0.15) is 0 Å².